The molecule has 0 saturated heterocycles. The number of rotatable bonds is 6. The van der Waals surface area contributed by atoms with Gasteiger partial charge >= 0.3 is 0 Å². The summed E-state index contributed by atoms with van der Waals surface area (Å²) in [6, 6.07) is 13.9. The van der Waals surface area contributed by atoms with E-state index in [1.807, 2.05) is 25.1 Å². The third kappa shape index (κ3) is 4.35. The van der Waals surface area contributed by atoms with Gasteiger partial charge in [-0.05, 0) is 49.2 Å². The lowest BCUT2D eigenvalue weighted by Gasteiger charge is -2.30. The molecule has 0 amide bonds. The van der Waals surface area contributed by atoms with Crippen LogP contribution in [0.25, 0.3) is 6.08 Å². The van der Waals surface area contributed by atoms with Crippen molar-refractivity contribution in [1.82, 2.24) is 4.90 Å². The molecule has 2 heterocycles. The van der Waals surface area contributed by atoms with E-state index in [1.165, 1.54) is 12.1 Å². The molecule has 2 aliphatic rings. The van der Waals surface area contributed by atoms with Gasteiger partial charge in [0.05, 0.1) is 19.8 Å². The molecule has 2 aliphatic heterocycles. The second-order valence-electron chi connectivity index (χ2n) is 8.59. The van der Waals surface area contributed by atoms with Crippen LogP contribution in [0.3, 0.4) is 0 Å². The molecule has 7 heteroatoms. The Hall–Kier alpha value is -3.84. The monoisotopic (exact) mass is 475 g/mol. The molecule has 3 aromatic rings. The molecule has 0 radical (unpaired) electrons. The Labute approximate surface area is 203 Å². The minimum absolute atomic E-state index is 0.181. The Morgan fingerprint density at radius 3 is 2.63 bits per heavy atom. The minimum Gasteiger partial charge on any atom is -0.493 e. The number of ketones is 1. The molecule has 0 bridgehead atoms. The van der Waals surface area contributed by atoms with E-state index in [-0.39, 0.29) is 17.4 Å². The molecule has 0 aliphatic carbocycles. The van der Waals surface area contributed by atoms with Crippen LogP contribution in [-0.2, 0) is 13.0 Å². The van der Waals surface area contributed by atoms with E-state index < -0.39 is 0 Å². The Morgan fingerprint density at radius 1 is 1.09 bits per heavy atom. The zero-order chi connectivity index (χ0) is 24.5. The SMILES string of the molecule is COc1cccc(/C=C2\Oc3c(cc4c(c3C)OCN(CCc3ccc(F)cc3)C4)C2=O)c1OC. The van der Waals surface area contributed by atoms with E-state index in [4.69, 9.17) is 18.9 Å². The number of ether oxygens (including phenoxy) is 4. The summed E-state index contributed by atoms with van der Waals surface area (Å²) in [5.74, 6) is 2.20. The molecule has 0 saturated carbocycles. The maximum atomic E-state index is 13.3. The highest BCUT2D eigenvalue weighted by Gasteiger charge is 2.33. The van der Waals surface area contributed by atoms with E-state index in [0.717, 1.165) is 35.4 Å². The van der Waals surface area contributed by atoms with Gasteiger partial charge in [-0.15, -0.1) is 0 Å². The van der Waals surface area contributed by atoms with Crippen molar-refractivity contribution in [3.05, 3.63) is 87.9 Å². The number of allylic oxidation sites excluding steroid dienone is 1. The number of nitrogens with zero attached hydrogens (tertiary/aromatic N) is 1. The average molecular weight is 476 g/mol. The molecule has 0 unspecified atom stereocenters. The molecule has 5 rings (SSSR count). The smallest absolute Gasteiger partial charge is 0.231 e. The fourth-order valence-electron chi connectivity index (χ4n) is 4.55. The predicted molar refractivity (Wildman–Crippen MR) is 130 cm³/mol. The van der Waals surface area contributed by atoms with Crippen molar-refractivity contribution >= 4 is 11.9 Å². The van der Waals surface area contributed by atoms with Crippen LogP contribution < -0.4 is 18.9 Å². The second-order valence-corrected chi connectivity index (χ2v) is 8.59. The van der Waals surface area contributed by atoms with Crippen LogP contribution in [0.1, 0.15) is 32.6 Å². The molecule has 0 spiro atoms. The molecule has 0 N–H and O–H groups in total. The summed E-state index contributed by atoms with van der Waals surface area (Å²) in [6.07, 6.45) is 2.46. The van der Waals surface area contributed by atoms with Gasteiger partial charge in [0.1, 0.15) is 24.0 Å². The maximum Gasteiger partial charge on any atom is 0.231 e. The molecular weight excluding hydrogens is 449 g/mol. The molecule has 35 heavy (non-hydrogen) atoms. The number of methoxy groups -OCH3 is 2. The zero-order valence-electron chi connectivity index (χ0n) is 19.9. The Morgan fingerprint density at radius 2 is 1.89 bits per heavy atom. The number of carbonyl (C=O) groups is 1. The average Bonchev–Trinajstić information content (AvgIpc) is 3.18. The van der Waals surface area contributed by atoms with Crippen molar-refractivity contribution in [2.24, 2.45) is 0 Å². The van der Waals surface area contributed by atoms with Gasteiger partial charge in [-0.25, -0.2) is 4.39 Å². The number of hydrogen-bond donors (Lipinski definition) is 0. The molecule has 180 valence electrons. The standard InChI is InChI=1S/C28H26FNO5/c1-17-26-20(15-30(16-34-26)12-11-18-7-9-21(29)10-8-18)13-22-25(31)24(35-27(17)22)14-19-5-4-6-23(32-2)28(19)33-3/h4-10,13-14H,11-12,15-16H2,1-3H3/b24-14-. The van der Waals surface area contributed by atoms with Gasteiger partial charge < -0.3 is 18.9 Å². The van der Waals surface area contributed by atoms with Crippen molar-refractivity contribution in [2.75, 3.05) is 27.5 Å². The third-order valence-corrected chi connectivity index (χ3v) is 6.35. The molecular formula is C28H26FNO5. The van der Waals surface area contributed by atoms with Crippen LogP contribution >= 0.6 is 0 Å². The summed E-state index contributed by atoms with van der Waals surface area (Å²) < 4.78 is 36.1. The van der Waals surface area contributed by atoms with Crippen molar-refractivity contribution in [3.63, 3.8) is 0 Å². The van der Waals surface area contributed by atoms with Crippen LogP contribution in [0.2, 0.25) is 0 Å². The lowest BCUT2D eigenvalue weighted by Crippen LogP contribution is -2.34. The fraction of sp³-hybridized carbons (Fsp3) is 0.250. The number of halogens is 1. The van der Waals surface area contributed by atoms with Gasteiger partial charge in [0.25, 0.3) is 0 Å². The number of fused-ring (bicyclic) bond motifs is 2. The van der Waals surface area contributed by atoms with E-state index in [1.54, 1.807) is 38.5 Å². The summed E-state index contributed by atoms with van der Waals surface area (Å²) >= 11 is 0. The predicted octanol–water partition coefficient (Wildman–Crippen LogP) is 5.16. The van der Waals surface area contributed by atoms with E-state index in [2.05, 4.69) is 4.90 Å². The molecule has 6 nitrogen and oxygen atoms in total. The molecule has 0 fully saturated rings. The maximum absolute atomic E-state index is 13.3. The Balaban J connectivity index is 1.38. The lowest BCUT2D eigenvalue weighted by atomic mass is 9.99. The number of hydrogen-bond acceptors (Lipinski definition) is 6. The van der Waals surface area contributed by atoms with Crippen molar-refractivity contribution in [1.29, 1.82) is 0 Å². The third-order valence-electron chi connectivity index (χ3n) is 6.35. The highest BCUT2D eigenvalue weighted by Crippen LogP contribution is 2.44. The van der Waals surface area contributed by atoms with E-state index in [9.17, 15) is 9.18 Å². The molecule has 3 aromatic carbocycles. The first-order valence-corrected chi connectivity index (χ1v) is 11.4. The fourth-order valence-corrected chi connectivity index (χ4v) is 4.55. The second kappa shape index (κ2) is 9.43. The van der Waals surface area contributed by atoms with E-state index >= 15 is 0 Å². The van der Waals surface area contributed by atoms with E-state index in [0.29, 0.717) is 41.7 Å². The largest absolute Gasteiger partial charge is 0.493 e. The summed E-state index contributed by atoms with van der Waals surface area (Å²) in [7, 11) is 3.13. The van der Waals surface area contributed by atoms with Gasteiger partial charge in [0, 0.05) is 29.8 Å². The minimum atomic E-state index is -0.238. The van der Waals surface area contributed by atoms with Crippen LogP contribution in [0.4, 0.5) is 4.39 Å². The van der Waals surface area contributed by atoms with Gasteiger partial charge in [-0.1, -0.05) is 24.3 Å². The van der Waals surface area contributed by atoms with Crippen LogP contribution in [0, 0.1) is 12.7 Å². The van der Waals surface area contributed by atoms with Gasteiger partial charge in [0.15, 0.2) is 17.3 Å². The Kier molecular flexibility index (Phi) is 6.17. The quantitative estimate of drug-likeness (QED) is 0.459. The summed E-state index contributed by atoms with van der Waals surface area (Å²) in [5.41, 5.74) is 4.04. The summed E-state index contributed by atoms with van der Waals surface area (Å²) in [6.45, 7) is 3.76. The first kappa shape index (κ1) is 22.9. The highest BCUT2D eigenvalue weighted by atomic mass is 19.1. The topological polar surface area (TPSA) is 57.2 Å². The normalized spacial score (nSPS) is 15.9. The van der Waals surface area contributed by atoms with Gasteiger partial charge in [-0.3, -0.25) is 9.69 Å². The molecule has 0 atom stereocenters. The number of Topliss-reactive ketones (excluding diaryl/α,β-unsaturated/α-hetero) is 1. The van der Waals surface area contributed by atoms with Crippen LogP contribution in [0.15, 0.2) is 54.3 Å². The van der Waals surface area contributed by atoms with Crippen molar-refractivity contribution < 1.29 is 28.1 Å². The van der Waals surface area contributed by atoms with Gasteiger partial charge in [-0.2, -0.15) is 0 Å². The highest BCUT2D eigenvalue weighted by molar-refractivity contribution is 6.15. The van der Waals surface area contributed by atoms with Crippen LogP contribution in [-0.4, -0.2) is 38.2 Å². The first-order chi connectivity index (χ1) is 17.0. The van der Waals surface area contributed by atoms with Crippen molar-refractivity contribution in [3.8, 4) is 23.0 Å². The van der Waals surface area contributed by atoms with Crippen molar-refractivity contribution in [2.45, 2.75) is 19.9 Å². The summed E-state index contributed by atoms with van der Waals surface area (Å²) in [5, 5.41) is 0. The molecule has 0 aromatic heterocycles. The van der Waals surface area contributed by atoms with Crippen LogP contribution in [0.5, 0.6) is 23.0 Å². The Bertz CT molecular complexity index is 1320. The summed E-state index contributed by atoms with van der Waals surface area (Å²) in [4.78, 5) is 15.4. The number of benzene rings is 3. The lowest BCUT2D eigenvalue weighted by molar-refractivity contribution is 0.0954. The number of carbonyl (C=O) groups excluding carboxylic acids is 1. The first-order valence-electron chi connectivity index (χ1n) is 11.4. The van der Waals surface area contributed by atoms with Gasteiger partial charge in [0.2, 0.25) is 5.78 Å². The number of para-hydroxylation sites is 1. The zero-order valence-corrected chi connectivity index (χ0v) is 19.9.